The Kier molecular flexibility index (Phi) is 7.72. The molecule has 2 N–H and O–H groups in total. The summed E-state index contributed by atoms with van der Waals surface area (Å²) < 4.78 is 42.6. The zero-order chi connectivity index (χ0) is 25.3. The Balaban J connectivity index is 1.84. The van der Waals surface area contributed by atoms with Crippen LogP contribution in [0, 0.1) is 19.3 Å². The van der Waals surface area contributed by atoms with Crippen molar-refractivity contribution >= 4 is 63.7 Å². The minimum atomic E-state index is -4.88. The molecule has 2 heterocycles. The summed E-state index contributed by atoms with van der Waals surface area (Å²) >= 11 is 18.7. The standard InChI is InChI=1S/C21H15Cl3F3N3O3S/c1-3-4-28-16(31)9-29-19(32)18-10(2)5-15(34-18)14-8-20(33-30-14,21(25,26)27)11-6-12(22)17(24)13(23)7-11/h1,5-7H,4,8-9H2,2H3,(H,28,31)(H,29,32). The van der Waals surface area contributed by atoms with Crippen molar-refractivity contribution in [2.45, 2.75) is 25.1 Å². The molecular formula is C21H15Cl3F3N3O3S. The van der Waals surface area contributed by atoms with Crippen LogP contribution in [0.1, 0.15) is 32.1 Å². The molecule has 2 amide bonds. The first-order valence-electron chi connectivity index (χ1n) is 9.45. The number of alkyl halides is 3. The van der Waals surface area contributed by atoms with Crippen LogP contribution >= 0.6 is 46.1 Å². The second-order valence-electron chi connectivity index (χ2n) is 7.17. The monoisotopic (exact) mass is 551 g/mol. The van der Waals surface area contributed by atoms with Crippen molar-refractivity contribution in [2.75, 3.05) is 13.1 Å². The van der Waals surface area contributed by atoms with Crippen LogP contribution in [-0.2, 0) is 15.2 Å². The van der Waals surface area contributed by atoms with Crippen LogP contribution in [0.5, 0.6) is 0 Å². The van der Waals surface area contributed by atoms with Crippen molar-refractivity contribution in [1.82, 2.24) is 10.6 Å². The third-order valence-electron chi connectivity index (χ3n) is 4.84. The van der Waals surface area contributed by atoms with Crippen LogP contribution in [0.25, 0.3) is 0 Å². The molecule has 0 spiro atoms. The van der Waals surface area contributed by atoms with Crippen molar-refractivity contribution in [1.29, 1.82) is 0 Å². The lowest BCUT2D eigenvalue weighted by Crippen LogP contribution is -2.42. The average Bonchev–Trinajstić information content (AvgIpc) is 3.38. The molecule has 0 aliphatic carbocycles. The van der Waals surface area contributed by atoms with E-state index >= 15 is 0 Å². The summed E-state index contributed by atoms with van der Waals surface area (Å²) in [4.78, 5) is 29.6. The van der Waals surface area contributed by atoms with Gasteiger partial charge in [-0.1, -0.05) is 45.9 Å². The minimum Gasteiger partial charge on any atom is -0.374 e. The molecule has 0 saturated heterocycles. The molecule has 1 aromatic heterocycles. The number of carbonyl (C=O) groups excluding carboxylic acids is 2. The lowest BCUT2D eigenvalue weighted by Gasteiger charge is -2.29. The van der Waals surface area contributed by atoms with Gasteiger partial charge in [-0.25, -0.2) is 0 Å². The lowest BCUT2D eigenvalue weighted by molar-refractivity contribution is -0.275. The zero-order valence-electron chi connectivity index (χ0n) is 17.3. The molecule has 180 valence electrons. The maximum absolute atomic E-state index is 14.2. The number of thiophene rings is 1. The fourth-order valence-electron chi connectivity index (χ4n) is 3.13. The van der Waals surface area contributed by atoms with Gasteiger partial charge in [-0.2, -0.15) is 13.2 Å². The number of aryl methyl sites for hydroxylation is 1. The maximum Gasteiger partial charge on any atom is 0.435 e. The van der Waals surface area contributed by atoms with Crippen molar-refractivity contribution < 1.29 is 27.6 Å². The Hall–Kier alpha value is -2.45. The number of amides is 2. The number of hydrogen-bond donors (Lipinski definition) is 2. The number of terminal acetylenes is 1. The molecule has 13 heteroatoms. The first-order valence-corrected chi connectivity index (χ1v) is 11.4. The molecule has 0 saturated carbocycles. The molecule has 2 aromatic rings. The van der Waals surface area contributed by atoms with Gasteiger partial charge in [-0.15, -0.1) is 17.8 Å². The fourth-order valence-corrected chi connectivity index (χ4v) is 4.79. The second kappa shape index (κ2) is 10.0. The van der Waals surface area contributed by atoms with E-state index in [1.165, 1.54) is 6.07 Å². The molecule has 34 heavy (non-hydrogen) atoms. The molecule has 0 fully saturated rings. The molecule has 1 aliphatic rings. The molecule has 1 aliphatic heterocycles. The fraction of sp³-hybridized carbons (Fsp3) is 0.286. The number of nitrogens with one attached hydrogen (secondary N) is 2. The molecule has 1 unspecified atom stereocenters. The highest BCUT2D eigenvalue weighted by Crippen LogP contribution is 2.51. The summed E-state index contributed by atoms with van der Waals surface area (Å²) in [6.45, 7) is 1.31. The second-order valence-corrected chi connectivity index (χ2v) is 9.42. The van der Waals surface area contributed by atoms with Gasteiger partial charge in [-0.3, -0.25) is 9.59 Å². The SMILES string of the molecule is C#CCNC(=O)CNC(=O)c1sc(C2=NOC(c3cc(Cl)c(Cl)c(Cl)c3)(C(F)(F)F)C2)cc1C. The van der Waals surface area contributed by atoms with Gasteiger partial charge in [0.05, 0.1) is 44.3 Å². The predicted molar refractivity (Wildman–Crippen MR) is 125 cm³/mol. The molecule has 0 bridgehead atoms. The largest absolute Gasteiger partial charge is 0.435 e. The van der Waals surface area contributed by atoms with Gasteiger partial charge in [-0.05, 0) is 30.7 Å². The van der Waals surface area contributed by atoms with Crippen LogP contribution in [0.3, 0.4) is 0 Å². The number of carbonyl (C=O) groups is 2. The lowest BCUT2D eigenvalue weighted by atomic mass is 9.88. The molecule has 1 aromatic carbocycles. The highest BCUT2D eigenvalue weighted by atomic mass is 35.5. The number of halogens is 6. The van der Waals surface area contributed by atoms with Gasteiger partial charge in [0.25, 0.3) is 11.5 Å². The Morgan fingerprint density at radius 1 is 1.24 bits per heavy atom. The van der Waals surface area contributed by atoms with Gasteiger partial charge in [0, 0.05) is 5.56 Å². The first-order chi connectivity index (χ1) is 15.9. The van der Waals surface area contributed by atoms with Gasteiger partial charge < -0.3 is 15.5 Å². The molecule has 6 nitrogen and oxygen atoms in total. The first kappa shape index (κ1) is 26.2. The van der Waals surface area contributed by atoms with E-state index in [1.807, 2.05) is 0 Å². The summed E-state index contributed by atoms with van der Waals surface area (Å²) in [6, 6.07) is 3.59. The van der Waals surface area contributed by atoms with E-state index in [1.54, 1.807) is 6.92 Å². The van der Waals surface area contributed by atoms with E-state index in [0.29, 0.717) is 10.4 Å². The van der Waals surface area contributed by atoms with Crippen LogP contribution in [0.15, 0.2) is 23.4 Å². The van der Waals surface area contributed by atoms with E-state index in [4.69, 9.17) is 46.1 Å². The minimum absolute atomic E-state index is 0.0153. The topological polar surface area (TPSA) is 79.8 Å². The van der Waals surface area contributed by atoms with Crippen LogP contribution in [0.4, 0.5) is 13.2 Å². The quantitative estimate of drug-likeness (QED) is 0.388. The predicted octanol–water partition coefficient (Wildman–Crippen LogP) is 5.08. The summed E-state index contributed by atoms with van der Waals surface area (Å²) in [5.74, 6) is 1.18. The Labute approximate surface area is 211 Å². The average molecular weight is 553 g/mol. The van der Waals surface area contributed by atoms with E-state index < -0.39 is 30.0 Å². The normalized spacial score (nSPS) is 17.5. The Bertz CT molecular complexity index is 1200. The molecule has 3 rings (SSSR count). The van der Waals surface area contributed by atoms with E-state index in [9.17, 15) is 22.8 Å². The van der Waals surface area contributed by atoms with E-state index in [2.05, 4.69) is 21.7 Å². The van der Waals surface area contributed by atoms with Gasteiger partial charge in [0.15, 0.2) is 0 Å². The Morgan fingerprint density at radius 3 is 2.47 bits per heavy atom. The molecular weight excluding hydrogens is 538 g/mol. The summed E-state index contributed by atoms with van der Waals surface area (Å²) in [7, 11) is 0. The number of nitrogens with zero attached hydrogens (tertiary/aromatic N) is 1. The maximum atomic E-state index is 14.2. The van der Waals surface area contributed by atoms with Gasteiger partial charge >= 0.3 is 6.18 Å². The molecule has 0 radical (unpaired) electrons. The number of benzene rings is 1. The number of oxime groups is 1. The highest BCUT2D eigenvalue weighted by Gasteiger charge is 2.62. The molecule has 1 atom stereocenters. The van der Waals surface area contributed by atoms with Crippen LogP contribution in [-0.4, -0.2) is 36.8 Å². The zero-order valence-corrected chi connectivity index (χ0v) is 20.4. The summed E-state index contributed by atoms with van der Waals surface area (Å²) in [5, 5.41) is 8.10. The van der Waals surface area contributed by atoms with Crippen LogP contribution < -0.4 is 10.6 Å². The van der Waals surface area contributed by atoms with Gasteiger partial charge in [0.1, 0.15) is 5.71 Å². The van der Waals surface area contributed by atoms with Crippen molar-refractivity contribution in [3.63, 3.8) is 0 Å². The number of hydrogen-bond acceptors (Lipinski definition) is 5. The summed E-state index contributed by atoms with van der Waals surface area (Å²) in [6.07, 6.45) is -0.509. The van der Waals surface area contributed by atoms with E-state index in [-0.39, 0.29) is 44.3 Å². The number of rotatable bonds is 6. The Morgan fingerprint density at radius 2 is 1.88 bits per heavy atom. The summed E-state index contributed by atoms with van der Waals surface area (Å²) in [5.41, 5.74) is -2.72. The van der Waals surface area contributed by atoms with Crippen LogP contribution in [0.2, 0.25) is 15.1 Å². The van der Waals surface area contributed by atoms with E-state index in [0.717, 1.165) is 23.5 Å². The highest BCUT2D eigenvalue weighted by molar-refractivity contribution is 7.16. The van der Waals surface area contributed by atoms with Crippen molar-refractivity contribution in [3.8, 4) is 12.3 Å². The van der Waals surface area contributed by atoms with Gasteiger partial charge in [0.2, 0.25) is 5.91 Å². The van der Waals surface area contributed by atoms with Crippen molar-refractivity contribution in [2.24, 2.45) is 5.16 Å². The third kappa shape index (κ3) is 5.13. The smallest absolute Gasteiger partial charge is 0.374 e. The van der Waals surface area contributed by atoms with Crippen molar-refractivity contribution in [3.05, 3.63) is 54.1 Å². The third-order valence-corrected chi connectivity index (χ3v) is 7.32.